The molecular formula is C11H15N3. The molecule has 1 aliphatic rings. The standard InChI is InChI=1S/C11H15N3/c12-11-3-1-10(2-4-11)5-7-14-8-6-13-9-14/h1-4,6,8,13H,5,7,9,12H2. The van der Waals surface area contributed by atoms with Crippen molar-refractivity contribution in [3.05, 3.63) is 42.2 Å². The molecule has 1 aromatic rings. The number of hydrogen-bond donors (Lipinski definition) is 2. The highest BCUT2D eigenvalue weighted by molar-refractivity contribution is 5.39. The summed E-state index contributed by atoms with van der Waals surface area (Å²) in [5.74, 6) is 0. The van der Waals surface area contributed by atoms with Crippen LogP contribution in [0.5, 0.6) is 0 Å². The second-order valence-electron chi connectivity index (χ2n) is 3.48. The lowest BCUT2D eigenvalue weighted by Crippen LogP contribution is -2.22. The van der Waals surface area contributed by atoms with Crippen molar-refractivity contribution in [3.63, 3.8) is 0 Å². The van der Waals surface area contributed by atoms with E-state index in [1.807, 2.05) is 18.3 Å². The van der Waals surface area contributed by atoms with Crippen molar-refractivity contribution in [3.8, 4) is 0 Å². The number of nitrogens with zero attached hydrogens (tertiary/aromatic N) is 1. The van der Waals surface area contributed by atoms with Crippen LogP contribution in [0.15, 0.2) is 36.7 Å². The largest absolute Gasteiger partial charge is 0.399 e. The number of benzene rings is 1. The Kier molecular flexibility index (Phi) is 2.58. The van der Waals surface area contributed by atoms with E-state index in [1.54, 1.807) is 0 Å². The Labute approximate surface area is 84.2 Å². The van der Waals surface area contributed by atoms with Gasteiger partial charge in [-0.3, -0.25) is 0 Å². The molecule has 0 aromatic heterocycles. The van der Waals surface area contributed by atoms with Crippen LogP contribution in [0.1, 0.15) is 5.56 Å². The minimum absolute atomic E-state index is 0.830. The summed E-state index contributed by atoms with van der Waals surface area (Å²) in [4.78, 5) is 2.25. The molecule has 3 nitrogen and oxygen atoms in total. The average Bonchev–Trinajstić information content (AvgIpc) is 2.70. The van der Waals surface area contributed by atoms with E-state index in [-0.39, 0.29) is 0 Å². The first-order valence-corrected chi connectivity index (χ1v) is 4.83. The van der Waals surface area contributed by atoms with E-state index in [0.29, 0.717) is 0 Å². The Balaban J connectivity index is 1.85. The van der Waals surface area contributed by atoms with Crippen molar-refractivity contribution in [2.24, 2.45) is 0 Å². The lowest BCUT2D eigenvalue weighted by molar-refractivity contribution is 0.395. The third-order valence-corrected chi connectivity index (χ3v) is 2.36. The van der Waals surface area contributed by atoms with Gasteiger partial charge in [-0.2, -0.15) is 0 Å². The number of nitrogens with two attached hydrogens (primary N) is 1. The van der Waals surface area contributed by atoms with Gasteiger partial charge in [-0.05, 0) is 24.1 Å². The van der Waals surface area contributed by atoms with E-state index in [4.69, 9.17) is 5.73 Å². The van der Waals surface area contributed by atoms with Gasteiger partial charge in [-0.1, -0.05) is 12.1 Å². The molecule has 1 aromatic carbocycles. The smallest absolute Gasteiger partial charge is 0.0867 e. The van der Waals surface area contributed by atoms with E-state index >= 15 is 0 Å². The fourth-order valence-electron chi connectivity index (χ4n) is 1.49. The van der Waals surface area contributed by atoms with E-state index in [2.05, 4.69) is 28.5 Å². The molecule has 1 aliphatic heterocycles. The van der Waals surface area contributed by atoms with Crippen molar-refractivity contribution in [2.75, 3.05) is 18.9 Å². The van der Waals surface area contributed by atoms with Gasteiger partial charge >= 0.3 is 0 Å². The Hall–Kier alpha value is -1.64. The maximum atomic E-state index is 5.61. The van der Waals surface area contributed by atoms with E-state index in [0.717, 1.165) is 25.3 Å². The molecule has 3 heteroatoms. The first kappa shape index (κ1) is 8.94. The number of rotatable bonds is 3. The SMILES string of the molecule is Nc1ccc(CCN2C=CNC2)cc1. The molecule has 14 heavy (non-hydrogen) atoms. The van der Waals surface area contributed by atoms with Crippen molar-refractivity contribution in [1.82, 2.24) is 10.2 Å². The van der Waals surface area contributed by atoms with Gasteiger partial charge in [0.05, 0.1) is 6.67 Å². The molecule has 0 saturated heterocycles. The second-order valence-corrected chi connectivity index (χ2v) is 3.48. The van der Waals surface area contributed by atoms with Crippen LogP contribution < -0.4 is 11.1 Å². The molecule has 3 N–H and O–H groups in total. The zero-order valence-electron chi connectivity index (χ0n) is 8.11. The minimum Gasteiger partial charge on any atom is -0.399 e. The van der Waals surface area contributed by atoms with Gasteiger partial charge in [0.25, 0.3) is 0 Å². The highest BCUT2D eigenvalue weighted by Gasteiger charge is 2.02. The highest BCUT2D eigenvalue weighted by Crippen LogP contribution is 2.07. The summed E-state index contributed by atoms with van der Waals surface area (Å²) < 4.78 is 0. The summed E-state index contributed by atoms with van der Waals surface area (Å²) >= 11 is 0. The van der Waals surface area contributed by atoms with Crippen LogP contribution in [-0.2, 0) is 6.42 Å². The van der Waals surface area contributed by atoms with Gasteiger partial charge in [-0.25, -0.2) is 0 Å². The highest BCUT2D eigenvalue weighted by atomic mass is 15.2. The Morgan fingerprint density at radius 1 is 1.29 bits per heavy atom. The fourth-order valence-corrected chi connectivity index (χ4v) is 1.49. The summed E-state index contributed by atoms with van der Waals surface area (Å²) in [5, 5.41) is 3.14. The lowest BCUT2D eigenvalue weighted by Gasteiger charge is -2.14. The second kappa shape index (κ2) is 4.05. The Bertz CT molecular complexity index is 316. The summed E-state index contributed by atoms with van der Waals surface area (Å²) in [7, 11) is 0. The predicted molar refractivity (Wildman–Crippen MR) is 58.4 cm³/mol. The van der Waals surface area contributed by atoms with Crippen LogP contribution in [0, 0.1) is 0 Å². The van der Waals surface area contributed by atoms with Crippen molar-refractivity contribution < 1.29 is 0 Å². The van der Waals surface area contributed by atoms with E-state index in [1.165, 1.54) is 5.56 Å². The molecule has 0 spiro atoms. The van der Waals surface area contributed by atoms with Gasteiger partial charge < -0.3 is 16.0 Å². The van der Waals surface area contributed by atoms with Crippen molar-refractivity contribution in [2.45, 2.75) is 6.42 Å². The van der Waals surface area contributed by atoms with Crippen LogP contribution in [0.25, 0.3) is 0 Å². The first-order chi connectivity index (χ1) is 6.84. The fraction of sp³-hybridized carbons (Fsp3) is 0.273. The molecule has 1 heterocycles. The predicted octanol–water partition coefficient (Wildman–Crippen LogP) is 1.15. The Morgan fingerprint density at radius 2 is 2.07 bits per heavy atom. The van der Waals surface area contributed by atoms with Crippen molar-refractivity contribution >= 4 is 5.69 Å². The first-order valence-electron chi connectivity index (χ1n) is 4.83. The molecule has 0 aliphatic carbocycles. The molecule has 0 amide bonds. The molecule has 0 bridgehead atoms. The molecule has 0 fully saturated rings. The van der Waals surface area contributed by atoms with Gasteiger partial charge in [0.1, 0.15) is 0 Å². The van der Waals surface area contributed by atoms with Gasteiger partial charge in [0.2, 0.25) is 0 Å². The lowest BCUT2D eigenvalue weighted by atomic mass is 10.1. The van der Waals surface area contributed by atoms with Gasteiger partial charge in [0.15, 0.2) is 0 Å². The van der Waals surface area contributed by atoms with Gasteiger partial charge in [0, 0.05) is 24.6 Å². The summed E-state index contributed by atoms with van der Waals surface area (Å²) in [6, 6.07) is 8.08. The van der Waals surface area contributed by atoms with Crippen LogP contribution in [0.2, 0.25) is 0 Å². The summed E-state index contributed by atoms with van der Waals surface area (Å²) in [5.41, 5.74) is 7.78. The van der Waals surface area contributed by atoms with Crippen LogP contribution in [-0.4, -0.2) is 18.1 Å². The normalized spacial score (nSPS) is 14.4. The molecule has 2 rings (SSSR count). The molecule has 74 valence electrons. The summed E-state index contributed by atoms with van der Waals surface area (Å²) in [6.07, 6.45) is 5.12. The van der Waals surface area contributed by atoms with E-state index in [9.17, 15) is 0 Å². The number of nitrogens with one attached hydrogen (secondary N) is 1. The third kappa shape index (κ3) is 2.19. The monoisotopic (exact) mass is 189 g/mol. The zero-order valence-corrected chi connectivity index (χ0v) is 8.11. The van der Waals surface area contributed by atoms with E-state index < -0.39 is 0 Å². The van der Waals surface area contributed by atoms with Gasteiger partial charge in [-0.15, -0.1) is 0 Å². The number of nitrogen functional groups attached to an aromatic ring is 1. The molecular weight excluding hydrogens is 174 g/mol. The molecule has 0 unspecified atom stereocenters. The molecule has 0 radical (unpaired) electrons. The molecule has 0 atom stereocenters. The third-order valence-electron chi connectivity index (χ3n) is 2.36. The molecule has 0 saturated carbocycles. The number of anilines is 1. The minimum atomic E-state index is 0.830. The van der Waals surface area contributed by atoms with Crippen molar-refractivity contribution in [1.29, 1.82) is 0 Å². The number of hydrogen-bond acceptors (Lipinski definition) is 3. The summed E-state index contributed by atoms with van der Waals surface area (Å²) in [6.45, 7) is 1.97. The topological polar surface area (TPSA) is 41.3 Å². The Morgan fingerprint density at radius 3 is 2.71 bits per heavy atom. The van der Waals surface area contributed by atoms with Crippen LogP contribution in [0.4, 0.5) is 5.69 Å². The van der Waals surface area contributed by atoms with Crippen LogP contribution in [0.3, 0.4) is 0 Å². The zero-order chi connectivity index (χ0) is 9.80. The maximum absolute atomic E-state index is 5.61. The van der Waals surface area contributed by atoms with Crippen LogP contribution >= 0.6 is 0 Å². The quantitative estimate of drug-likeness (QED) is 0.701. The average molecular weight is 189 g/mol. The maximum Gasteiger partial charge on any atom is 0.0867 e.